The third-order valence-corrected chi connectivity index (χ3v) is 4.09. The van der Waals surface area contributed by atoms with E-state index in [0.717, 1.165) is 30.2 Å². The molecule has 1 rings (SSSR count). The molecule has 0 aliphatic heterocycles. The molecule has 0 aliphatic carbocycles. The van der Waals surface area contributed by atoms with Crippen molar-refractivity contribution >= 4 is 28.9 Å². The summed E-state index contributed by atoms with van der Waals surface area (Å²) < 4.78 is 0. The predicted molar refractivity (Wildman–Crippen MR) is 104 cm³/mol. The molecule has 0 atom stereocenters. The van der Waals surface area contributed by atoms with Gasteiger partial charge in [0.05, 0.1) is 0 Å². The Morgan fingerprint density at radius 2 is 1.71 bits per heavy atom. The van der Waals surface area contributed by atoms with Gasteiger partial charge in [0.2, 0.25) is 11.0 Å². The molecule has 0 bridgehead atoms. The van der Waals surface area contributed by atoms with Crippen LogP contribution in [0.3, 0.4) is 0 Å². The first-order valence-corrected chi connectivity index (χ1v) is 9.48. The van der Waals surface area contributed by atoms with Crippen molar-refractivity contribution in [2.45, 2.75) is 45.4 Å². The molecule has 130 valence electrons. The highest BCUT2D eigenvalue weighted by Gasteiger charge is 1.97. The van der Waals surface area contributed by atoms with Gasteiger partial charge in [-0.2, -0.15) is 0 Å². The highest BCUT2D eigenvalue weighted by Crippen LogP contribution is 2.08. The Hall–Kier alpha value is -1.81. The molecule has 0 saturated heterocycles. The Morgan fingerprint density at radius 1 is 1.00 bits per heavy atom. The third-order valence-electron chi connectivity index (χ3n) is 3.44. The lowest BCUT2D eigenvalue weighted by molar-refractivity contribution is -0.116. The minimum absolute atomic E-state index is 0.0983. The number of hydrogen-bond acceptors (Lipinski definition) is 3. The summed E-state index contributed by atoms with van der Waals surface area (Å²) in [5.41, 5.74) is 0.979. The number of carbonyl (C=O) groups excluding carboxylic acids is 2. The van der Waals surface area contributed by atoms with Gasteiger partial charge in [-0.3, -0.25) is 9.59 Å². The van der Waals surface area contributed by atoms with E-state index in [1.807, 2.05) is 30.3 Å². The van der Waals surface area contributed by atoms with Gasteiger partial charge in [-0.15, -0.1) is 0 Å². The smallest absolute Gasteiger partial charge is 0.244 e. The highest BCUT2D eigenvalue weighted by atomic mass is 32.2. The minimum Gasteiger partial charge on any atom is -0.353 e. The standard InChI is InChI=1S/C20H27NO2S/c1-2-3-4-5-6-10-16-21-19(22)15-17-24-20(23)14-13-18-11-8-7-9-12-18/h7-9,11-15,17H,2-6,10,16H2,1H3,(H,21,22)/b14-13+,17-15-. The molecule has 0 heterocycles. The van der Waals surface area contributed by atoms with E-state index in [2.05, 4.69) is 12.2 Å². The van der Waals surface area contributed by atoms with Crippen LogP contribution in [0.25, 0.3) is 6.08 Å². The average Bonchev–Trinajstić information content (AvgIpc) is 2.60. The third kappa shape index (κ3) is 10.8. The topological polar surface area (TPSA) is 46.2 Å². The number of nitrogens with one attached hydrogen (secondary N) is 1. The number of unbranched alkanes of at least 4 members (excludes halogenated alkanes) is 5. The van der Waals surface area contributed by atoms with E-state index in [9.17, 15) is 9.59 Å². The lowest BCUT2D eigenvalue weighted by Crippen LogP contribution is -2.21. The highest BCUT2D eigenvalue weighted by molar-refractivity contribution is 8.16. The van der Waals surface area contributed by atoms with E-state index >= 15 is 0 Å². The fraction of sp³-hybridized carbons (Fsp3) is 0.400. The maximum atomic E-state index is 11.7. The quantitative estimate of drug-likeness (QED) is 0.456. The molecule has 0 aliphatic rings. The Morgan fingerprint density at radius 3 is 2.46 bits per heavy atom. The largest absolute Gasteiger partial charge is 0.353 e. The van der Waals surface area contributed by atoms with E-state index < -0.39 is 0 Å². The number of amides is 1. The number of carbonyl (C=O) groups is 2. The molecule has 0 saturated carbocycles. The summed E-state index contributed by atoms with van der Waals surface area (Å²) >= 11 is 1.01. The first kappa shape index (κ1) is 20.2. The monoisotopic (exact) mass is 345 g/mol. The number of thioether (sulfide) groups is 1. The van der Waals surface area contributed by atoms with Crippen LogP contribution in [0.15, 0.2) is 47.9 Å². The average molecular weight is 346 g/mol. The van der Waals surface area contributed by atoms with Crippen molar-refractivity contribution in [3.8, 4) is 0 Å². The lowest BCUT2D eigenvalue weighted by Gasteiger charge is -2.02. The molecule has 1 N–H and O–H groups in total. The molecule has 1 aromatic rings. The van der Waals surface area contributed by atoms with Crippen LogP contribution in [0.4, 0.5) is 0 Å². The van der Waals surface area contributed by atoms with Crippen molar-refractivity contribution in [1.29, 1.82) is 0 Å². The van der Waals surface area contributed by atoms with Gasteiger partial charge < -0.3 is 5.32 Å². The summed E-state index contributed by atoms with van der Waals surface area (Å²) in [5.74, 6) is -0.143. The summed E-state index contributed by atoms with van der Waals surface area (Å²) in [7, 11) is 0. The molecule has 0 unspecified atom stereocenters. The first-order chi connectivity index (χ1) is 11.7. The van der Waals surface area contributed by atoms with Crippen LogP contribution in [0.2, 0.25) is 0 Å². The summed E-state index contributed by atoms with van der Waals surface area (Å²) in [6.45, 7) is 2.90. The van der Waals surface area contributed by atoms with E-state index in [1.54, 1.807) is 6.08 Å². The lowest BCUT2D eigenvalue weighted by atomic mass is 10.1. The SMILES string of the molecule is CCCCCCCCNC(=O)/C=C\SC(=O)/C=C/c1ccccc1. The van der Waals surface area contributed by atoms with Gasteiger partial charge in [0.25, 0.3) is 0 Å². The first-order valence-electron chi connectivity index (χ1n) is 8.60. The molecule has 0 spiro atoms. The second-order valence-corrected chi connectivity index (χ2v) is 6.45. The summed E-state index contributed by atoms with van der Waals surface area (Å²) in [6, 6.07) is 9.64. The summed E-state index contributed by atoms with van der Waals surface area (Å²) in [6.07, 6.45) is 11.9. The van der Waals surface area contributed by atoms with E-state index in [0.29, 0.717) is 6.54 Å². The van der Waals surface area contributed by atoms with Gasteiger partial charge in [-0.25, -0.2) is 0 Å². The van der Waals surface area contributed by atoms with Crippen molar-refractivity contribution in [2.24, 2.45) is 0 Å². The van der Waals surface area contributed by atoms with Gasteiger partial charge in [-0.1, -0.05) is 87.2 Å². The Labute approximate surface area is 149 Å². The molecule has 3 nitrogen and oxygen atoms in total. The zero-order valence-corrected chi connectivity index (χ0v) is 15.2. The minimum atomic E-state index is -0.143. The zero-order chi connectivity index (χ0) is 17.5. The van der Waals surface area contributed by atoms with Gasteiger partial charge in [-0.05, 0) is 23.5 Å². The van der Waals surface area contributed by atoms with E-state index in [1.165, 1.54) is 43.2 Å². The normalized spacial score (nSPS) is 11.2. The van der Waals surface area contributed by atoms with Crippen LogP contribution in [0.1, 0.15) is 51.0 Å². The fourth-order valence-corrected chi connectivity index (χ4v) is 2.58. The summed E-state index contributed by atoms with van der Waals surface area (Å²) in [5, 5.41) is 4.27. The fourth-order valence-electron chi connectivity index (χ4n) is 2.11. The van der Waals surface area contributed by atoms with E-state index in [-0.39, 0.29) is 11.0 Å². The van der Waals surface area contributed by atoms with Gasteiger partial charge in [0.15, 0.2) is 0 Å². The molecule has 0 fully saturated rings. The Kier molecular flexibility index (Phi) is 11.5. The number of benzene rings is 1. The second kappa shape index (κ2) is 13.6. The molecule has 24 heavy (non-hydrogen) atoms. The Bertz CT molecular complexity index is 538. The second-order valence-electron chi connectivity index (χ2n) is 5.54. The van der Waals surface area contributed by atoms with Gasteiger partial charge in [0, 0.05) is 12.6 Å². The maximum absolute atomic E-state index is 11.7. The number of rotatable bonds is 11. The zero-order valence-electron chi connectivity index (χ0n) is 14.4. The molecule has 1 aromatic carbocycles. The van der Waals surface area contributed by atoms with Gasteiger partial charge in [0.1, 0.15) is 0 Å². The molecule has 1 amide bonds. The van der Waals surface area contributed by atoms with Gasteiger partial charge >= 0.3 is 0 Å². The van der Waals surface area contributed by atoms with E-state index in [4.69, 9.17) is 0 Å². The van der Waals surface area contributed by atoms with Crippen molar-refractivity contribution in [2.75, 3.05) is 6.54 Å². The van der Waals surface area contributed by atoms with Crippen LogP contribution in [0, 0.1) is 0 Å². The van der Waals surface area contributed by atoms with Crippen molar-refractivity contribution in [1.82, 2.24) is 5.32 Å². The van der Waals surface area contributed by atoms with Crippen LogP contribution in [-0.2, 0) is 9.59 Å². The predicted octanol–water partition coefficient (Wildman–Crippen LogP) is 4.95. The molecule has 0 aromatic heterocycles. The van der Waals surface area contributed by atoms with Crippen molar-refractivity contribution in [3.63, 3.8) is 0 Å². The van der Waals surface area contributed by atoms with Crippen LogP contribution < -0.4 is 5.32 Å². The van der Waals surface area contributed by atoms with Crippen molar-refractivity contribution in [3.05, 3.63) is 53.5 Å². The number of hydrogen-bond donors (Lipinski definition) is 1. The maximum Gasteiger partial charge on any atom is 0.244 e. The molecule has 0 radical (unpaired) electrons. The molecular formula is C20H27NO2S. The van der Waals surface area contributed by atoms with Crippen molar-refractivity contribution < 1.29 is 9.59 Å². The molecular weight excluding hydrogens is 318 g/mol. The van der Waals surface area contributed by atoms with Crippen LogP contribution in [-0.4, -0.2) is 17.6 Å². The molecule has 4 heteroatoms. The van der Waals surface area contributed by atoms with Crippen LogP contribution >= 0.6 is 11.8 Å². The Balaban J connectivity index is 2.11. The van der Waals surface area contributed by atoms with Crippen LogP contribution in [0.5, 0.6) is 0 Å². The summed E-state index contributed by atoms with van der Waals surface area (Å²) in [4.78, 5) is 23.3.